The van der Waals surface area contributed by atoms with Crippen LogP contribution in [-0.4, -0.2) is 29.3 Å². The first-order valence-electron chi connectivity index (χ1n) is 7.48. The van der Waals surface area contributed by atoms with Gasteiger partial charge in [0.15, 0.2) is 11.5 Å². The Morgan fingerprint density at radius 2 is 1.80 bits per heavy atom. The zero-order chi connectivity index (χ0) is 17.2. The molecule has 4 rings (SSSR count). The molecule has 7 nitrogen and oxygen atoms in total. The second-order valence-corrected chi connectivity index (χ2v) is 6.11. The Morgan fingerprint density at radius 1 is 1.08 bits per heavy atom. The van der Waals surface area contributed by atoms with E-state index in [0.29, 0.717) is 46.3 Å². The van der Waals surface area contributed by atoms with E-state index in [1.165, 1.54) is 6.39 Å². The van der Waals surface area contributed by atoms with Gasteiger partial charge in [0.2, 0.25) is 12.3 Å². The molecule has 0 saturated carbocycles. The molecule has 0 saturated heterocycles. The molecule has 1 aromatic heterocycles. The van der Waals surface area contributed by atoms with Crippen LogP contribution in [0, 0.1) is 0 Å². The highest BCUT2D eigenvalue weighted by molar-refractivity contribution is 9.10. The lowest BCUT2D eigenvalue weighted by Gasteiger charge is -2.19. The zero-order valence-electron chi connectivity index (χ0n) is 12.9. The maximum Gasteiger partial charge on any atom is 0.256 e. The number of nitrogens with one attached hydrogen (secondary N) is 1. The summed E-state index contributed by atoms with van der Waals surface area (Å²) in [6.07, 6.45) is 1.27. The minimum Gasteiger partial charge on any atom is -0.486 e. The zero-order valence-corrected chi connectivity index (χ0v) is 14.4. The van der Waals surface area contributed by atoms with Crippen molar-refractivity contribution >= 4 is 27.5 Å². The lowest BCUT2D eigenvalue weighted by Crippen LogP contribution is -2.17. The van der Waals surface area contributed by atoms with Crippen LogP contribution >= 0.6 is 15.9 Å². The highest BCUT2D eigenvalue weighted by Gasteiger charge is 2.19. The number of amides is 1. The van der Waals surface area contributed by atoms with Crippen molar-refractivity contribution in [2.75, 3.05) is 18.5 Å². The van der Waals surface area contributed by atoms with Gasteiger partial charge in [-0.1, -0.05) is 0 Å². The molecule has 0 bridgehead atoms. The first-order chi connectivity index (χ1) is 12.2. The van der Waals surface area contributed by atoms with Crippen molar-refractivity contribution in [2.24, 2.45) is 0 Å². The topological polar surface area (TPSA) is 86.5 Å². The first kappa shape index (κ1) is 15.6. The first-order valence-corrected chi connectivity index (χ1v) is 8.27. The second-order valence-electron chi connectivity index (χ2n) is 5.25. The molecule has 1 aliphatic heterocycles. The van der Waals surface area contributed by atoms with Gasteiger partial charge in [-0.25, -0.2) is 0 Å². The molecule has 1 amide bonds. The SMILES string of the molecule is O=C(Nc1ccc(-c2nnco2)cc1)c1cc2c(cc1Br)OCCO2. The van der Waals surface area contributed by atoms with Crippen LogP contribution in [-0.2, 0) is 0 Å². The number of aromatic nitrogens is 2. The second kappa shape index (κ2) is 6.56. The van der Waals surface area contributed by atoms with Crippen molar-refractivity contribution in [3.05, 3.63) is 52.8 Å². The van der Waals surface area contributed by atoms with Crippen LogP contribution in [0.1, 0.15) is 10.4 Å². The van der Waals surface area contributed by atoms with Gasteiger partial charge in [0.1, 0.15) is 13.2 Å². The summed E-state index contributed by atoms with van der Waals surface area (Å²) in [5, 5.41) is 10.3. The summed E-state index contributed by atoms with van der Waals surface area (Å²) in [7, 11) is 0. The van der Waals surface area contributed by atoms with Gasteiger partial charge < -0.3 is 19.2 Å². The number of anilines is 1. The van der Waals surface area contributed by atoms with Gasteiger partial charge in [0, 0.05) is 15.7 Å². The highest BCUT2D eigenvalue weighted by atomic mass is 79.9. The van der Waals surface area contributed by atoms with E-state index in [2.05, 4.69) is 31.4 Å². The van der Waals surface area contributed by atoms with E-state index in [4.69, 9.17) is 13.9 Å². The van der Waals surface area contributed by atoms with Crippen LogP contribution < -0.4 is 14.8 Å². The van der Waals surface area contributed by atoms with Gasteiger partial charge in [0.25, 0.3) is 5.91 Å². The smallest absolute Gasteiger partial charge is 0.256 e. The van der Waals surface area contributed by atoms with E-state index in [0.717, 1.165) is 5.56 Å². The molecule has 1 N–H and O–H groups in total. The number of benzene rings is 2. The number of nitrogens with zero attached hydrogens (tertiary/aromatic N) is 2. The van der Waals surface area contributed by atoms with E-state index >= 15 is 0 Å². The molecule has 126 valence electrons. The summed E-state index contributed by atoms with van der Waals surface area (Å²) in [6, 6.07) is 10.5. The summed E-state index contributed by atoms with van der Waals surface area (Å²) in [6.45, 7) is 0.963. The Morgan fingerprint density at radius 3 is 2.48 bits per heavy atom. The summed E-state index contributed by atoms with van der Waals surface area (Å²) < 4.78 is 16.8. The van der Waals surface area contributed by atoms with E-state index in [1.54, 1.807) is 36.4 Å². The fourth-order valence-corrected chi connectivity index (χ4v) is 2.93. The number of halogens is 1. The molecule has 0 radical (unpaired) electrons. The number of fused-ring (bicyclic) bond motifs is 1. The lowest BCUT2D eigenvalue weighted by molar-refractivity contribution is 0.102. The predicted octanol–water partition coefficient (Wildman–Crippen LogP) is 3.52. The molecular formula is C17H12BrN3O4. The minimum atomic E-state index is -0.255. The monoisotopic (exact) mass is 401 g/mol. The standard InChI is InChI=1S/C17H12BrN3O4/c18-13-8-15-14(23-5-6-24-15)7-12(13)16(22)20-11-3-1-10(2-4-11)17-21-19-9-25-17/h1-4,7-9H,5-6H2,(H,20,22). The third-order valence-electron chi connectivity index (χ3n) is 3.63. The summed E-state index contributed by atoms with van der Waals surface area (Å²) in [5.74, 6) is 1.35. The van der Waals surface area contributed by atoms with Crippen LogP contribution in [0.25, 0.3) is 11.5 Å². The van der Waals surface area contributed by atoms with Gasteiger partial charge >= 0.3 is 0 Å². The Hall–Kier alpha value is -2.87. The van der Waals surface area contributed by atoms with Crippen molar-refractivity contribution in [2.45, 2.75) is 0 Å². The molecule has 0 aliphatic carbocycles. The molecule has 0 fully saturated rings. The number of rotatable bonds is 3. The lowest BCUT2D eigenvalue weighted by atomic mass is 10.1. The fourth-order valence-electron chi connectivity index (χ4n) is 2.43. The van der Waals surface area contributed by atoms with E-state index in [9.17, 15) is 4.79 Å². The molecule has 3 aromatic rings. The largest absolute Gasteiger partial charge is 0.486 e. The molecule has 0 unspecified atom stereocenters. The Bertz CT molecular complexity index is 910. The Labute approximate surface area is 151 Å². The minimum absolute atomic E-state index is 0.255. The van der Waals surface area contributed by atoms with Crippen molar-refractivity contribution in [3.8, 4) is 23.0 Å². The molecule has 1 aliphatic rings. The van der Waals surface area contributed by atoms with Crippen molar-refractivity contribution in [1.29, 1.82) is 0 Å². The highest BCUT2D eigenvalue weighted by Crippen LogP contribution is 2.35. The van der Waals surface area contributed by atoms with Crippen LogP contribution in [0.3, 0.4) is 0 Å². The number of hydrogen-bond donors (Lipinski definition) is 1. The van der Waals surface area contributed by atoms with Crippen LogP contribution in [0.2, 0.25) is 0 Å². The Balaban J connectivity index is 1.54. The van der Waals surface area contributed by atoms with Gasteiger partial charge in [-0.3, -0.25) is 4.79 Å². The Kier molecular flexibility index (Phi) is 4.10. The van der Waals surface area contributed by atoms with Gasteiger partial charge in [-0.15, -0.1) is 10.2 Å². The molecule has 0 atom stereocenters. The van der Waals surface area contributed by atoms with Gasteiger partial charge in [0.05, 0.1) is 5.56 Å². The molecule has 0 spiro atoms. The molecule has 2 aromatic carbocycles. The quantitative estimate of drug-likeness (QED) is 0.722. The fraction of sp³-hybridized carbons (Fsp3) is 0.118. The van der Waals surface area contributed by atoms with E-state index in [1.807, 2.05) is 0 Å². The normalized spacial score (nSPS) is 12.7. The molecule has 25 heavy (non-hydrogen) atoms. The average molecular weight is 402 g/mol. The van der Waals surface area contributed by atoms with Crippen molar-refractivity contribution < 1.29 is 18.7 Å². The maximum atomic E-state index is 12.6. The molecule has 2 heterocycles. The third-order valence-corrected chi connectivity index (χ3v) is 4.28. The van der Waals surface area contributed by atoms with Gasteiger partial charge in [-0.2, -0.15) is 0 Å². The van der Waals surface area contributed by atoms with Crippen molar-refractivity contribution in [1.82, 2.24) is 10.2 Å². The summed E-state index contributed by atoms with van der Waals surface area (Å²) in [4.78, 5) is 12.6. The van der Waals surface area contributed by atoms with Crippen molar-refractivity contribution in [3.63, 3.8) is 0 Å². The number of ether oxygens (including phenoxy) is 2. The predicted molar refractivity (Wildman–Crippen MR) is 92.8 cm³/mol. The van der Waals surface area contributed by atoms with Crippen LogP contribution in [0.15, 0.2) is 51.7 Å². The number of hydrogen-bond acceptors (Lipinski definition) is 6. The third kappa shape index (κ3) is 3.20. The van der Waals surface area contributed by atoms with Crippen LogP contribution in [0.4, 0.5) is 5.69 Å². The molecular weight excluding hydrogens is 390 g/mol. The number of carbonyl (C=O) groups excluding carboxylic acids is 1. The molecule has 8 heteroatoms. The van der Waals surface area contributed by atoms with Crippen LogP contribution in [0.5, 0.6) is 11.5 Å². The maximum absolute atomic E-state index is 12.6. The summed E-state index contributed by atoms with van der Waals surface area (Å²) >= 11 is 3.40. The van der Waals surface area contributed by atoms with E-state index in [-0.39, 0.29) is 5.91 Å². The van der Waals surface area contributed by atoms with E-state index < -0.39 is 0 Å². The average Bonchev–Trinajstić information content (AvgIpc) is 3.16. The number of carbonyl (C=O) groups is 1. The summed E-state index contributed by atoms with van der Waals surface area (Å²) in [5.41, 5.74) is 1.89. The van der Waals surface area contributed by atoms with Gasteiger partial charge in [-0.05, 0) is 52.3 Å².